The summed E-state index contributed by atoms with van der Waals surface area (Å²) in [6.07, 6.45) is 0. The molecule has 4 aromatic rings. The van der Waals surface area contributed by atoms with Crippen LogP contribution in [0.4, 0.5) is 5.69 Å². The average Bonchev–Trinajstić information content (AvgIpc) is 3.11. The van der Waals surface area contributed by atoms with E-state index in [2.05, 4.69) is 15.5 Å². The third-order valence-corrected chi connectivity index (χ3v) is 5.31. The molecule has 1 amide bonds. The SMILES string of the molecule is COc1ccccc1NC(=O)[C@@H](C)Sc1nnc2ccc3ccccc3n12. The summed E-state index contributed by atoms with van der Waals surface area (Å²) in [4.78, 5) is 12.7. The molecule has 0 aliphatic heterocycles. The normalized spacial score (nSPS) is 12.2. The zero-order valence-corrected chi connectivity index (χ0v) is 15.7. The molecule has 0 unspecified atom stereocenters. The number of thioether (sulfide) groups is 1. The molecule has 2 aromatic heterocycles. The molecular formula is C20H18N4O2S. The predicted octanol–water partition coefficient (Wildman–Crippen LogP) is 4.01. The van der Waals surface area contributed by atoms with Gasteiger partial charge >= 0.3 is 0 Å². The number of benzene rings is 2. The molecule has 0 spiro atoms. The molecule has 0 saturated heterocycles. The third-order valence-electron chi connectivity index (χ3n) is 4.26. The summed E-state index contributed by atoms with van der Waals surface area (Å²) >= 11 is 1.37. The van der Waals surface area contributed by atoms with Gasteiger partial charge in [0, 0.05) is 0 Å². The minimum absolute atomic E-state index is 0.124. The average molecular weight is 378 g/mol. The van der Waals surface area contributed by atoms with E-state index < -0.39 is 0 Å². The number of anilines is 1. The van der Waals surface area contributed by atoms with Crippen LogP contribution in [0.1, 0.15) is 6.92 Å². The molecule has 1 N–H and O–H groups in total. The third kappa shape index (κ3) is 3.33. The highest BCUT2D eigenvalue weighted by Crippen LogP contribution is 2.28. The number of aromatic nitrogens is 3. The van der Waals surface area contributed by atoms with Gasteiger partial charge in [0.25, 0.3) is 0 Å². The Labute approximate surface area is 160 Å². The van der Waals surface area contributed by atoms with Gasteiger partial charge in [-0.3, -0.25) is 9.20 Å². The number of fused-ring (bicyclic) bond motifs is 3. The van der Waals surface area contributed by atoms with Crippen molar-refractivity contribution in [3.8, 4) is 5.75 Å². The number of amides is 1. The van der Waals surface area contributed by atoms with Gasteiger partial charge < -0.3 is 10.1 Å². The molecule has 0 bridgehead atoms. The van der Waals surface area contributed by atoms with Gasteiger partial charge in [-0.05, 0) is 42.6 Å². The van der Waals surface area contributed by atoms with Crippen LogP contribution in [0.5, 0.6) is 5.75 Å². The van der Waals surface area contributed by atoms with E-state index in [1.165, 1.54) is 11.8 Å². The van der Waals surface area contributed by atoms with Gasteiger partial charge in [0.05, 0.1) is 23.6 Å². The number of hydrogen-bond donors (Lipinski definition) is 1. The number of para-hydroxylation sites is 3. The summed E-state index contributed by atoms with van der Waals surface area (Å²) in [5.41, 5.74) is 2.42. The van der Waals surface area contributed by atoms with Crippen LogP contribution < -0.4 is 10.1 Å². The fourth-order valence-electron chi connectivity index (χ4n) is 2.88. The number of rotatable bonds is 5. The van der Waals surface area contributed by atoms with Gasteiger partial charge in [0.15, 0.2) is 10.8 Å². The van der Waals surface area contributed by atoms with Gasteiger partial charge in [-0.15, -0.1) is 10.2 Å². The van der Waals surface area contributed by atoms with Crippen molar-refractivity contribution in [3.63, 3.8) is 0 Å². The number of nitrogens with one attached hydrogen (secondary N) is 1. The Balaban J connectivity index is 1.60. The van der Waals surface area contributed by atoms with Crippen LogP contribution >= 0.6 is 11.8 Å². The van der Waals surface area contributed by atoms with Crippen molar-refractivity contribution in [1.82, 2.24) is 14.6 Å². The minimum Gasteiger partial charge on any atom is -0.495 e. The van der Waals surface area contributed by atoms with Crippen molar-refractivity contribution in [2.45, 2.75) is 17.3 Å². The maximum atomic E-state index is 12.7. The molecule has 0 aliphatic rings. The van der Waals surface area contributed by atoms with E-state index in [0.29, 0.717) is 16.6 Å². The molecule has 136 valence electrons. The Bertz CT molecular complexity index is 1130. The highest BCUT2D eigenvalue weighted by molar-refractivity contribution is 8.00. The molecule has 27 heavy (non-hydrogen) atoms. The maximum absolute atomic E-state index is 12.7. The first kappa shape index (κ1) is 17.4. The Morgan fingerprint density at radius 3 is 2.70 bits per heavy atom. The minimum atomic E-state index is -0.360. The molecule has 2 aromatic carbocycles. The molecule has 2 heterocycles. The Morgan fingerprint density at radius 1 is 1.07 bits per heavy atom. The van der Waals surface area contributed by atoms with E-state index in [1.54, 1.807) is 7.11 Å². The molecule has 0 saturated carbocycles. The van der Waals surface area contributed by atoms with Crippen LogP contribution in [0.15, 0.2) is 65.8 Å². The van der Waals surface area contributed by atoms with Crippen molar-refractivity contribution < 1.29 is 9.53 Å². The first-order chi connectivity index (χ1) is 13.2. The summed E-state index contributed by atoms with van der Waals surface area (Å²) < 4.78 is 7.27. The number of carbonyl (C=O) groups is 1. The second-order valence-electron chi connectivity index (χ2n) is 6.02. The van der Waals surface area contributed by atoms with Crippen LogP contribution in [-0.2, 0) is 4.79 Å². The quantitative estimate of drug-likeness (QED) is 0.532. The monoisotopic (exact) mass is 378 g/mol. The van der Waals surface area contributed by atoms with Gasteiger partial charge in [0.2, 0.25) is 5.91 Å². The van der Waals surface area contributed by atoms with E-state index in [-0.39, 0.29) is 11.2 Å². The molecule has 0 radical (unpaired) electrons. The molecule has 4 rings (SSSR count). The number of carbonyl (C=O) groups excluding carboxylic acids is 1. The van der Waals surface area contributed by atoms with Crippen LogP contribution in [0.2, 0.25) is 0 Å². The van der Waals surface area contributed by atoms with Gasteiger partial charge in [-0.1, -0.05) is 42.1 Å². The maximum Gasteiger partial charge on any atom is 0.237 e. The van der Waals surface area contributed by atoms with E-state index in [0.717, 1.165) is 16.6 Å². The number of pyridine rings is 1. The summed E-state index contributed by atoms with van der Waals surface area (Å²) in [5, 5.41) is 12.8. The van der Waals surface area contributed by atoms with E-state index in [4.69, 9.17) is 4.74 Å². The van der Waals surface area contributed by atoms with Crippen molar-refractivity contribution in [2.24, 2.45) is 0 Å². The van der Waals surface area contributed by atoms with Crippen molar-refractivity contribution in [3.05, 3.63) is 60.7 Å². The van der Waals surface area contributed by atoms with Crippen molar-refractivity contribution in [1.29, 1.82) is 0 Å². The Kier molecular flexibility index (Phi) is 4.68. The second kappa shape index (κ2) is 7.28. The first-order valence-electron chi connectivity index (χ1n) is 8.51. The second-order valence-corrected chi connectivity index (χ2v) is 7.33. The van der Waals surface area contributed by atoms with E-state index >= 15 is 0 Å². The van der Waals surface area contributed by atoms with Crippen LogP contribution in [0, 0.1) is 0 Å². The lowest BCUT2D eigenvalue weighted by Crippen LogP contribution is -2.23. The molecule has 1 atom stereocenters. The molecular weight excluding hydrogens is 360 g/mol. The topological polar surface area (TPSA) is 68.5 Å². The van der Waals surface area contributed by atoms with Gasteiger partial charge in [0.1, 0.15) is 5.75 Å². The lowest BCUT2D eigenvalue weighted by Gasteiger charge is -2.13. The lowest BCUT2D eigenvalue weighted by atomic mass is 10.2. The van der Waals surface area contributed by atoms with Crippen molar-refractivity contribution >= 4 is 39.9 Å². The zero-order chi connectivity index (χ0) is 18.8. The summed E-state index contributed by atoms with van der Waals surface area (Å²) in [5.74, 6) is 0.503. The van der Waals surface area contributed by atoms with E-state index in [1.807, 2.05) is 72.0 Å². The Hall–Kier alpha value is -3.06. The number of ether oxygens (including phenoxy) is 1. The summed E-state index contributed by atoms with van der Waals surface area (Å²) in [7, 11) is 1.58. The van der Waals surface area contributed by atoms with Crippen LogP contribution in [0.25, 0.3) is 16.6 Å². The highest BCUT2D eigenvalue weighted by Gasteiger charge is 2.20. The fraction of sp³-hybridized carbons (Fsp3) is 0.150. The van der Waals surface area contributed by atoms with Crippen LogP contribution in [-0.4, -0.2) is 32.9 Å². The largest absolute Gasteiger partial charge is 0.495 e. The van der Waals surface area contributed by atoms with E-state index in [9.17, 15) is 4.79 Å². The molecule has 7 heteroatoms. The number of methoxy groups -OCH3 is 1. The van der Waals surface area contributed by atoms with Crippen LogP contribution in [0.3, 0.4) is 0 Å². The summed E-state index contributed by atoms with van der Waals surface area (Å²) in [6, 6.07) is 19.3. The summed E-state index contributed by atoms with van der Waals surface area (Å²) in [6.45, 7) is 1.85. The lowest BCUT2D eigenvalue weighted by molar-refractivity contribution is -0.115. The smallest absolute Gasteiger partial charge is 0.237 e. The fourth-order valence-corrected chi connectivity index (χ4v) is 3.75. The Morgan fingerprint density at radius 2 is 1.85 bits per heavy atom. The van der Waals surface area contributed by atoms with Gasteiger partial charge in [-0.2, -0.15) is 0 Å². The highest BCUT2D eigenvalue weighted by atomic mass is 32.2. The standard InChI is InChI=1S/C20H18N4O2S/c1-13(19(25)21-15-8-4-6-10-17(15)26-2)27-20-23-22-18-12-11-14-7-3-5-9-16(14)24(18)20/h3-13H,1-2H3,(H,21,25)/t13-/m1/s1. The van der Waals surface area contributed by atoms with Gasteiger partial charge in [-0.25, -0.2) is 0 Å². The zero-order valence-electron chi connectivity index (χ0n) is 14.9. The number of hydrogen-bond acceptors (Lipinski definition) is 5. The molecule has 0 aliphatic carbocycles. The van der Waals surface area contributed by atoms with Crippen molar-refractivity contribution in [2.75, 3.05) is 12.4 Å². The first-order valence-corrected chi connectivity index (χ1v) is 9.39. The molecule has 0 fully saturated rings. The predicted molar refractivity (Wildman–Crippen MR) is 107 cm³/mol. The molecule has 6 nitrogen and oxygen atoms in total. The number of nitrogens with zero attached hydrogens (tertiary/aromatic N) is 3.